The average Bonchev–Trinajstić information content (AvgIpc) is 2.67. The van der Waals surface area contributed by atoms with Crippen molar-refractivity contribution in [2.75, 3.05) is 0 Å². The Hall–Kier alpha value is -3.02. The van der Waals surface area contributed by atoms with E-state index >= 15 is 0 Å². The maximum absolute atomic E-state index is 14.7. The molecule has 0 N–H and O–H groups in total. The van der Waals surface area contributed by atoms with E-state index in [2.05, 4.69) is 6.92 Å². The number of halogens is 6. The number of hydrogen-bond donors (Lipinski definition) is 0. The van der Waals surface area contributed by atoms with Crippen LogP contribution in [-0.4, -0.2) is 6.18 Å². The summed E-state index contributed by atoms with van der Waals surface area (Å²) in [7, 11) is 0. The van der Waals surface area contributed by atoms with Crippen LogP contribution in [-0.2, 0) is 6.42 Å². The zero-order valence-corrected chi connectivity index (χ0v) is 16.0. The molecule has 0 atom stereocenters. The number of alkyl halides is 3. The van der Waals surface area contributed by atoms with Crippen molar-refractivity contribution in [1.29, 1.82) is 0 Å². The van der Waals surface area contributed by atoms with E-state index in [1.54, 1.807) is 6.07 Å². The molecule has 0 aliphatic heterocycles. The van der Waals surface area contributed by atoms with Crippen molar-refractivity contribution < 1.29 is 26.3 Å². The fourth-order valence-corrected chi connectivity index (χ4v) is 3.16. The molecular weight excluding hydrogens is 402 g/mol. The maximum atomic E-state index is 14.7. The Morgan fingerprint density at radius 3 is 1.83 bits per heavy atom. The zero-order chi connectivity index (χ0) is 21.9. The van der Waals surface area contributed by atoms with Gasteiger partial charge in [0.05, 0.1) is 0 Å². The Morgan fingerprint density at radius 1 is 0.733 bits per heavy atom. The van der Waals surface area contributed by atoms with Crippen LogP contribution in [0.1, 0.15) is 24.5 Å². The summed E-state index contributed by atoms with van der Waals surface area (Å²) in [6.45, 7) is 2.08. The lowest BCUT2D eigenvalue weighted by Gasteiger charge is -2.10. The smallest absolute Gasteiger partial charge is 0.206 e. The molecule has 3 aromatic rings. The summed E-state index contributed by atoms with van der Waals surface area (Å²) in [6.07, 6.45) is -2.68. The van der Waals surface area contributed by atoms with Crippen LogP contribution in [0.2, 0.25) is 0 Å². The van der Waals surface area contributed by atoms with E-state index in [1.165, 1.54) is 17.7 Å². The van der Waals surface area contributed by atoms with Crippen molar-refractivity contribution in [3.63, 3.8) is 0 Å². The van der Waals surface area contributed by atoms with Gasteiger partial charge in [0, 0.05) is 17.2 Å². The molecule has 0 aliphatic carbocycles. The Labute approximate surface area is 170 Å². The molecule has 30 heavy (non-hydrogen) atoms. The highest BCUT2D eigenvalue weighted by Gasteiger charge is 2.23. The van der Waals surface area contributed by atoms with E-state index in [9.17, 15) is 26.3 Å². The predicted octanol–water partition coefficient (Wildman–Crippen LogP) is 7.97. The summed E-state index contributed by atoms with van der Waals surface area (Å²) >= 11 is 0. The molecule has 0 fully saturated rings. The largest absolute Gasteiger partial charge is 0.409 e. The van der Waals surface area contributed by atoms with Gasteiger partial charge in [0.25, 0.3) is 0 Å². The first-order valence-electron chi connectivity index (χ1n) is 9.32. The Morgan fingerprint density at radius 2 is 1.30 bits per heavy atom. The van der Waals surface area contributed by atoms with E-state index in [1.807, 2.05) is 24.3 Å². The zero-order valence-electron chi connectivity index (χ0n) is 16.0. The third-order valence-electron chi connectivity index (χ3n) is 4.62. The van der Waals surface area contributed by atoms with Gasteiger partial charge in [-0.1, -0.05) is 49.7 Å². The molecule has 0 spiro atoms. The van der Waals surface area contributed by atoms with Gasteiger partial charge in [0.15, 0.2) is 0 Å². The molecule has 0 saturated heterocycles. The summed E-state index contributed by atoms with van der Waals surface area (Å²) in [6, 6.07) is 13.6. The second-order valence-electron chi connectivity index (χ2n) is 6.87. The van der Waals surface area contributed by atoms with Gasteiger partial charge in [0.2, 0.25) is 0 Å². The normalized spacial score (nSPS) is 12.0. The van der Waals surface area contributed by atoms with E-state index in [4.69, 9.17) is 0 Å². The average molecular weight is 420 g/mol. The lowest BCUT2D eigenvalue weighted by Crippen LogP contribution is -2.01. The fourth-order valence-electron chi connectivity index (χ4n) is 3.16. The van der Waals surface area contributed by atoms with Gasteiger partial charge in [-0.2, -0.15) is 13.2 Å². The minimum Gasteiger partial charge on any atom is -0.206 e. The number of rotatable bonds is 5. The maximum Gasteiger partial charge on any atom is 0.409 e. The summed E-state index contributed by atoms with van der Waals surface area (Å²) < 4.78 is 79.8. The van der Waals surface area contributed by atoms with Crippen LogP contribution in [0.25, 0.3) is 28.3 Å². The molecular formula is C24H18F6. The highest BCUT2D eigenvalue weighted by Crippen LogP contribution is 2.31. The molecule has 156 valence electrons. The summed E-state index contributed by atoms with van der Waals surface area (Å²) in [5.41, 5.74) is 1.58. The molecule has 0 unspecified atom stereocenters. The topological polar surface area (TPSA) is 0 Å². The highest BCUT2D eigenvalue weighted by molar-refractivity contribution is 5.72. The van der Waals surface area contributed by atoms with Crippen LogP contribution in [0.15, 0.2) is 60.7 Å². The lowest BCUT2D eigenvalue weighted by atomic mass is 9.97. The Balaban J connectivity index is 1.92. The van der Waals surface area contributed by atoms with Crippen molar-refractivity contribution in [3.8, 4) is 22.3 Å². The molecule has 0 amide bonds. The van der Waals surface area contributed by atoms with Gasteiger partial charge in [0.1, 0.15) is 17.5 Å². The van der Waals surface area contributed by atoms with Crippen LogP contribution in [0, 0.1) is 17.5 Å². The van der Waals surface area contributed by atoms with E-state index in [0.717, 1.165) is 30.5 Å². The fraction of sp³-hybridized carbons (Fsp3) is 0.167. The van der Waals surface area contributed by atoms with Crippen LogP contribution in [0.5, 0.6) is 0 Å². The van der Waals surface area contributed by atoms with Gasteiger partial charge < -0.3 is 0 Å². The molecule has 6 heteroatoms. The summed E-state index contributed by atoms with van der Waals surface area (Å²) in [4.78, 5) is 0. The minimum atomic E-state index is -4.70. The first-order chi connectivity index (χ1) is 14.2. The molecule has 3 aromatic carbocycles. The van der Waals surface area contributed by atoms with Crippen LogP contribution < -0.4 is 0 Å². The quantitative estimate of drug-likeness (QED) is 0.367. The Kier molecular flexibility index (Phi) is 6.34. The van der Waals surface area contributed by atoms with Crippen molar-refractivity contribution in [2.45, 2.75) is 25.9 Å². The van der Waals surface area contributed by atoms with Crippen LogP contribution in [0.3, 0.4) is 0 Å². The minimum absolute atomic E-state index is 0.0505. The van der Waals surface area contributed by atoms with Crippen molar-refractivity contribution >= 4 is 6.08 Å². The molecule has 0 heterocycles. The molecule has 3 rings (SSSR count). The predicted molar refractivity (Wildman–Crippen MR) is 106 cm³/mol. The van der Waals surface area contributed by atoms with Gasteiger partial charge in [-0.3, -0.25) is 0 Å². The first-order valence-corrected chi connectivity index (χ1v) is 9.32. The number of allylic oxidation sites excluding steroid dienone is 1. The third kappa shape index (κ3) is 5.12. The summed E-state index contributed by atoms with van der Waals surface area (Å²) in [5.74, 6) is -3.11. The second-order valence-corrected chi connectivity index (χ2v) is 6.87. The monoisotopic (exact) mass is 420 g/mol. The van der Waals surface area contributed by atoms with Crippen molar-refractivity contribution in [1.82, 2.24) is 0 Å². The number of hydrogen-bond acceptors (Lipinski definition) is 0. The lowest BCUT2D eigenvalue weighted by molar-refractivity contribution is -0.0790. The summed E-state index contributed by atoms with van der Waals surface area (Å²) in [5, 5.41) is 0. The third-order valence-corrected chi connectivity index (χ3v) is 4.62. The highest BCUT2D eigenvalue weighted by atomic mass is 19.4. The number of aryl methyl sites for hydroxylation is 1. The molecule has 0 radical (unpaired) electrons. The molecule has 0 saturated carbocycles. The van der Waals surface area contributed by atoms with E-state index in [-0.39, 0.29) is 17.2 Å². The van der Waals surface area contributed by atoms with Crippen molar-refractivity contribution in [3.05, 3.63) is 89.3 Å². The van der Waals surface area contributed by atoms with Crippen LogP contribution in [0.4, 0.5) is 26.3 Å². The van der Waals surface area contributed by atoms with Gasteiger partial charge in [-0.15, -0.1) is 0 Å². The van der Waals surface area contributed by atoms with Gasteiger partial charge in [-0.05, 0) is 52.9 Å². The van der Waals surface area contributed by atoms with Gasteiger partial charge in [-0.25, -0.2) is 13.2 Å². The first kappa shape index (κ1) is 21.7. The Bertz CT molecular complexity index is 1040. The molecule has 0 aromatic heterocycles. The van der Waals surface area contributed by atoms with E-state index in [0.29, 0.717) is 11.6 Å². The van der Waals surface area contributed by atoms with Crippen molar-refractivity contribution in [2.24, 2.45) is 0 Å². The van der Waals surface area contributed by atoms with Crippen LogP contribution >= 0.6 is 0 Å². The second kappa shape index (κ2) is 8.78. The van der Waals surface area contributed by atoms with Gasteiger partial charge >= 0.3 is 6.18 Å². The molecule has 0 aliphatic rings. The number of benzene rings is 3. The SMILES string of the molecule is CCCc1ccc(-c2ccc(-c3cc(F)c(/C=C/C(F)(F)F)c(F)c3)c(F)c2)cc1. The molecule has 0 bridgehead atoms. The standard InChI is InChI=1S/C24H18F6/c1-2-3-15-4-6-16(7-5-15)17-8-9-19(21(25)12-17)18-13-22(26)20(23(27)14-18)10-11-24(28,29)30/h4-14H,2-3H2,1H3/b11-10+. The molecule has 0 nitrogen and oxygen atoms in total. The van der Waals surface area contributed by atoms with E-state index < -0.39 is 29.2 Å².